The molecule has 1 fully saturated rings. The fourth-order valence-corrected chi connectivity index (χ4v) is 4.42. The van der Waals surface area contributed by atoms with E-state index in [1.165, 1.54) is 27.9 Å². The van der Waals surface area contributed by atoms with E-state index >= 15 is 0 Å². The molecule has 1 heterocycles. The van der Waals surface area contributed by atoms with Gasteiger partial charge in [0.15, 0.2) is 0 Å². The molecule has 21 heavy (non-hydrogen) atoms. The molecule has 2 rings (SSSR count). The molecule has 1 saturated heterocycles. The largest absolute Gasteiger partial charge is 0.370 e. The van der Waals surface area contributed by atoms with Gasteiger partial charge in [0, 0.05) is 34.1 Å². The Hall–Kier alpha value is -0.190. The molecule has 1 aliphatic rings. The summed E-state index contributed by atoms with van der Waals surface area (Å²) in [7, 11) is 0. The standard InChI is InChI=1S/C17H27BrN2S/c1-4-14(19)11-13-5-6-16(15(18)12-13)20-8-7-17(2,3)21-10-9-20/h5-6,12,14H,4,7-11,19H2,1-3H3. The molecule has 1 unspecified atom stereocenters. The van der Waals surface area contributed by atoms with Crippen LogP contribution in [0.4, 0.5) is 5.69 Å². The number of hydrogen-bond donors (Lipinski definition) is 1. The van der Waals surface area contributed by atoms with Crippen LogP contribution in [0.5, 0.6) is 0 Å². The van der Waals surface area contributed by atoms with Gasteiger partial charge in [0.2, 0.25) is 0 Å². The summed E-state index contributed by atoms with van der Waals surface area (Å²) in [6.45, 7) is 9.11. The van der Waals surface area contributed by atoms with Crippen molar-refractivity contribution < 1.29 is 0 Å². The first kappa shape index (κ1) is 17.2. The van der Waals surface area contributed by atoms with Gasteiger partial charge in [-0.05, 0) is 52.9 Å². The molecule has 2 N–H and O–H groups in total. The van der Waals surface area contributed by atoms with Gasteiger partial charge >= 0.3 is 0 Å². The number of halogens is 1. The Labute approximate surface area is 142 Å². The lowest BCUT2D eigenvalue weighted by atomic mass is 10.0. The summed E-state index contributed by atoms with van der Waals surface area (Å²) >= 11 is 5.85. The first-order valence-electron chi connectivity index (χ1n) is 7.84. The number of rotatable bonds is 4. The zero-order chi connectivity index (χ0) is 15.5. The third-order valence-corrected chi connectivity index (χ3v) is 6.22. The van der Waals surface area contributed by atoms with E-state index in [2.05, 4.69) is 71.6 Å². The molecule has 0 aromatic heterocycles. The molecule has 1 aromatic rings. The third kappa shape index (κ3) is 4.90. The van der Waals surface area contributed by atoms with E-state index in [1.807, 2.05) is 0 Å². The average molecular weight is 371 g/mol. The minimum Gasteiger partial charge on any atom is -0.370 e. The van der Waals surface area contributed by atoms with E-state index in [0.29, 0.717) is 4.75 Å². The molecule has 0 saturated carbocycles. The van der Waals surface area contributed by atoms with Crippen LogP contribution in [0.3, 0.4) is 0 Å². The SMILES string of the molecule is CCC(N)Cc1ccc(N2CCSC(C)(C)CC2)c(Br)c1. The second-order valence-corrected chi connectivity index (χ2v) is 9.16. The predicted octanol–water partition coefficient (Wildman–Crippen LogP) is 4.45. The van der Waals surface area contributed by atoms with Crippen molar-refractivity contribution in [3.63, 3.8) is 0 Å². The van der Waals surface area contributed by atoms with E-state index < -0.39 is 0 Å². The smallest absolute Gasteiger partial charge is 0.0511 e. The Kier molecular flexibility index (Phi) is 6.04. The highest BCUT2D eigenvalue weighted by molar-refractivity contribution is 9.10. The second kappa shape index (κ2) is 7.38. The van der Waals surface area contributed by atoms with E-state index in [-0.39, 0.29) is 6.04 Å². The zero-order valence-corrected chi connectivity index (χ0v) is 15.8. The van der Waals surface area contributed by atoms with Crippen LogP contribution < -0.4 is 10.6 Å². The second-order valence-electron chi connectivity index (χ2n) is 6.50. The summed E-state index contributed by atoms with van der Waals surface area (Å²) in [5.74, 6) is 1.20. The van der Waals surface area contributed by atoms with Gasteiger partial charge in [0.1, 0.15) is 0 Å². The van der Waals surface area contributed by atoms with Crippen molar-refractivity contribution in [2.24, 2.45) is 5.73 Å². The minimum absolute atomic E-state index is 0.262. The number of benzene rings is 1. The van der Waals surface area contributed by atoms with Crippen molar-refractivity contribution in [2.45, 2.75) is 50.8 Å². The van der Waals surface area contributed by atoms with Crippen molar-refractivity contribution in [1.82, 2.24) is 0 Å². The normalized spacial score (nSPS) is 20.1. The van der Waals surface area contributed by atoms with Crippen molar-refractivity contribution in [3.05, 3.63) is 28.2 Å². The third-order valence-electron chi connectivity index (χ3n) is 4.21. The molecule has 118 valence electrons. The highest BCUT2D eigenvalue weighted by atomic mass is 79.9. The molecule has 0 radical (unpaired) electrons. The summed E-state index contributed by atoms with van der Waals surface area (Å²) in [5, 5.41) is 0. The van der Waals surface area contributed by atoms with E-state index in [1.54, 1.807) is 0 Å². The molecule has 0 bridgehead atoms. The van der Waals surface area contributed by atoms with Crippen LogP contribution in [0.15, 0.2) is 22.7 Å². The van der Waals surface area contributed by atoms with Crippen LogP contribution in [0.1, 0.15) is 39.2 Å². The van der Waals surface area contributed by atoms with Crippen LogP contribution in [0.25, 0.3) is 0 Å². The molecule has 0 spiro atoms. The van der Waals surface area contributed by atoms with Crippen molar-refractivity contribution in [2.75, 3.05) is 23.7 Å². The first-order chi connectivity index (χ1) is 9.91. The van der Waals surface area contributed by atoms with Crippen LogP contribution in [0.2, 0.25) is 0 Å². The fraction of sp³-hybridized carbons (Fsp3) is 0.647. The predicted molar refractivity (Wildman–Crippen MR) is 99.5 cm³/mol. The lowest BCUT2D eigenvalue weighted by Gasteiger charge is -2.25. The van der Waals surface area contributed by atoms with Crippen LogP contribution >= 0.6 is 27.7 Å². The number of nitrogens with two attached hydrogens (primary N) is 1. The lowest BCUT2D eigenvalue weighted by Crippen LogP contribution is -2.27. The number of thioether (sulfide) groups is 1. The topological polar surface area (TPSA) is 29.3 Å². The maximum Gasteiger partial charge on any atom is 0.0511 e. The molecule has 0 aliphatic carbocycles. The molecule has 1 aromatic carbocycles. The summed E-state index contributed by atoms with van der Waals surface area (Å²) in [4.78, 5) is 2.51. The number of anilines is 1. The molecular formula is C17H27BrN2S. The summed E-state index contributed by atoms with van der Waals surface area (Å²) in [6.07, 6.45) is 3.21. The van der Waals surface area contributed by atoms with Crippen molar-refractivity contribution in [1.29, 1.82) is 0 Å². The Morgan fingerprint density at radius 1 is 1.38 bits per heavy atom. The quantitative estimate of drug-likeness (QED) is 0.848. The molecule has 1 atom stereocenters. The van der Waals surface area contributed by atoms with Crippen LogP contribution in [0, 0.1) is 0 Å². The summed E-state index contributed by atoms with van der Waals surface area (Å²) < 4.78 is 1.60. The van der Waals surface area contributed by atoms with Gasteiger partial charge in [0.05, 0.1) is 5.69 Å². The molecular weight excluding hydrogens is 344 g/mol. The Bertz CT molecular complexity index is 476. The van der Waals surface area contributed by atoms with Gasteiger partial charge in [-0.2, -0.15) is 11.8 Å². The Morgan fingerprint density at radius 3 is 2.81 bits per heavy atom. The monoisotopic (exact) mass is 370 g/mol. The van der Waals surface area contributed by atoms with Gasteiger partial charge in [-0.1, -0.05) is 26.8 Å². The van der Waals surface area contributed by atoms with Crippen molar-refractivity contribution >= 4 is 33.4 Å². The first-order valence-corrected chi connectivity index (χ1v) is 9.62. The van der Waals surface area contributed by atoms with Crippen LogP contribution in [-0.4, -0.2) is 29.6 Å². The molecule has 0 amide bonds. The van der Waals surface area contributed by atoms with E-state index in [0.717, 1.165) is 25.9 Å². The van der Waals surface area contributed by atoms with E-state index in [4.69, 9.17) is 5.73 Å². The Morgan fingerprint density at radius 2 is 2.14 bits per heavy atom. The Balaban J connectivity index is 2.10. The molecule has 2 nitrogen and oxygen atoms in total. The molecule has 1 aliphatic heterocycles. The summed E-state index contributed by atoms with van der Waals surface area (Å²) in [6, 6.07) is 7.00. The lowest BCUT2D eigenvalue weighted by molar-refractivity contribution is 0.636. The van der Waals surface area contributed by atoms with Gasteiger partial charge < -0.3 is 10.6 Å². The van der Waals surface area contributed by atoms with E-state index in [9.17, 15) is 0 Å². The average Bonchev–Trinajstić information content (AvgIpc) is 2.60. The van der Waals surface area contributed by atoms with Gasteiger partial charge in [-0.25, -0.2) is 0 Å². The van der Waals surface area contributed by atoms with Gasteiger partial charge in [0.25, 0.3) is 0 Å². The fourth-order valence-electron chi connectivity index (χ4n) is 2.64. The maximum atomic E-state index is 6.06. The highest BCUT2D eigenvalue weighted by Crippen LogP contribution is 2.35. The maximum absolute atomic E-state index is 6.06. The zero-order valence-electron chi connectivity index (χ0n) is 13.4. The summed E-state index contributed by atoms with van der Waals surface area (Å²) in [5.41, 5.74) is 8.70. The number of nitrogens with zero attached hydrogens (tertiary/aromatic N) is 1. The molecule has 4 heteroatoms. The van der Waals surface area contributed by atoms with Gasteiger partial charge in [-0.3, -0.25) is 0 Å². The minimum atomic E-state index is 0.262. The van der Waals surface area contributed by atoms with Gasteiger partial charge in [-0.15, -0.1) is 0 Å². The number of hydrogen-bond acceptors (Lipinski definition) is 3. The van der Waals surface area contributed by atoms with Crippen molar-refractivity contribution in [3.8, 4) is 0 Å². The van der Waals surface area contributed by atoms with Crippen LogP contribution in [-0.2, 0) is 6.42 Å². The highest BCUT2D eigenvalue weighted by Gasteiger charge is 2.24.